The topological polar surface area (TPSA) is 0 Å². The van der Waals surface area contributed by atoms with Crippen molar-refractivity contribution in [1.82, 2.24) is 0 Å². The molecule has 0 spiro atoms. The quantitative estimate of drug-likeness (QED) is 0.725. The molecule has 19 heavy (non-hydrogen) atoms. The standard InChI is InChI=1S/C17H18Si.Li/c1-2-8-15(9-3-1)14-18(16-10-4-5-11-16)17-12-6-7-13-17;/h1-10,12,18H,11,13-14H2;. The molecule has 0 atom stereocenters. The van der Waals surface area contributed by atoms with E-state index in [4.69, 9.17) is 0 Å². The van der Waals surface area contributed by atoms with Crippen molar-refractivity contribution in [1.29, 1.82) is 0 Å². The minimum Gasteiger partial charge on any atom is -0.0809 e. The van der Waals surface area contributed by atoms with E-state index in [1.165, 1.54) is 24.4 Å². The van der Waals surface area contributed by atoms with Gasteiger partial charge in [-0.2, -0.15) is 0 Å². The average molecular weight is 257 g/mol. The number of rotatable bonds is 4. The summed E-state index contributed by atoms with van der Waals surface area (Å²) in [7, 11) is -0.968. The molecule has 0 heterocycles. The second-order valence-corrected chi connectivity index (χ2v) is 7.99. The van der Waals surface area contributed by atoms with E-state index in [2.05, 4.69) is 66.8 Å². The fourth-order valence-corrected chi connectivity index (χ4v) is 6.07. The van der Waals surface area contributed by atoms with Crippen LogP contribution in [0.4, 0.5) is 0 Å². The van der Waals surface area contributed by atoms with Crippen LogP contribution in [-0.4, -0.2) is 27.7 Å². The molecule has 0 aromatic heterocycles. The maximum absolute atomic E-state index is 2.36. The van der Waals surface area contributed by atoms with Crippen LogP contribution in [0.2, 0.25) is 0 Å². The molecule has 0 aliphatic heterocycles. The molecule has 0 unspecified atom stereocenters. The van der Waals surface area contributed by atoms with Crippen molar-refractivity contribution in [2.24, 2.45) is 0 Å². The second-order valence-electron chi connectivity index (χ2n) is 4.99. The van der Waals surface area contributed by atoms with Crippen molar-refractivity contribution in [3.05, 3.63) is 82.7 Å². The Bertz CT molecular complexity index is 508. The summed E-state index contributed by atoms with van der Waals surface area (Å²) in [5, 5.41) is 3.41. The Morgan fingerprint density at radius 1 is 0.842 bits per heavy atom. The van der Waals surface area contributed by atoms with Crippen LogP contribution in [0, 0.1) is 0 Å². The second kappa shape index (κ2) is 6.96. The first kappa shape index (κ1) is 14.4. The normalized spacial score (nSPS) is 16.5. The molecule has 1 aromatic rings. The molecule has 0 saturated carbocycles. The summed E-state index contributed by atoms with van der Waals surface area (Å²) in [5.74, 6) is 0. The molecule has 2 aliphatic carbocycles. The third kappa shape index (κ3) is 3.51. The molecule has 0 N–H and O–H groups in total. The molecule has 0 amide bonds. The smallest absolute Gasteiger partial charge is 0.0809 e. The van der Waals surface area contributed by atoms with E-state index in [9.17, 15) is 0 Å². The summed E-state index contributed by atoms with van der Waals surface area (Å²) in [6, 6.07) is 12.2. The van der Waals surface area contributed by atoms with Gasteiger partial charge < -0.3 is 0 Å². The maximum Gasteiger partial charge on any atom is 0.0976 e. The monoisotopic (exact) mass is 257 g/mol. The fourth-order valence-electron chi connectivity index (χ4n) is 2.79. The molecule has 0 nitrogen and oxygen atoms in total. The minimum atomic E-state index is -0.968. The van der Waals surface area contributed by atoms with Crippen molar-refractivity contribution >= 4 is 27.7 Å². The van der Waals surface area contributed by atoms with Gasteiger partial charge in [-0.05, 0) is 18.9 Å². The van der Waals surface area contributed by atoms with E-state index >= 15 is 0 Å². The molecule has 1 radical (unpaired) electrons. The zero-order chi connectivity index (χ0) is 12.2. The predicted molar refractivity (Wildman–Crippen MR) is 86.7 cm³/mol. The summed E-state index contributed by atoms with van der Waals surface area (Å²) < 4.78 is 0. The van der Waals surface area contributed by atoms with Crippen LogP contribution in [0.15, 0.2) is 77.2 Å². The Kier molecular flexibility index (Phi) is 5.28. The molecule has 3 rings (SSSR count). The van der Waals surface area contributed by atoms with Crippen LogP contribution < -0.4 is 0 Å². The van der Waals surface area contributed by atoms with Crippen molar-refractivity contribution in [2.75, 3.05) is 0 Å². The van der Waals surface area contributed by atoms with Crippen molar-refractivity contribution < 1.29 is 0 Å². The van der Waals surface area contributed by atoms with Crippen LogP contribution in [-0.2, 0) is 6.04 Å². The molecule has 0 saturated heterocycles. The molecule has 2 aliphatic rings. The summed E-state index contributed by atoms with van der Waals surface area (Å²) in [5.41, 5.74) is 1.50. The van der Waals surface area contributed by atoms with Gasteiger partial charge in [-0.25, -0.2) is 0 Å². The van der Waals surface area contributed by atoms with Crippen molar-refractivity contribution in [3.63, 3.8) is 0 Å². The summed E-state index contributed by atoms with van der Waals surface area (Å²) in [4.78, 5) is 0. The maximum atomic E-state index is 2.36. The summed E-state index contributed by atoms with van der Waals surface area (Å²) >= 11 is 0. The fraction of sp³-hybridized carbons (Fsp3) is 0.176. The van der Waals surface area contributed by atoms with Gasteiger partial charge in [-0.1, -0.05) is 82.7 Å². The van der Waals surface area contributed by atoms with E-state index in [1.54, 1.807) is 10.4 Å². The molecular formula is C17H18LiSi. The number of allylic oxidation sites excluding steroid dienone is 8. The van der Waals surface area contributed by atoms with Gasteiger partial charge in [0.1, 0.15) is 0 Å². The molecule has 1 aromatic carbocycles. The zero-order valence-corrected chi connectivity index (χ0v) is 12.7. The molecule has 0 fully saturated rings. The Hall–Kier alpha value is -1.01. The minimum absolute atomic E-state index is 0. The molecule has 91 valence electrons. The van der Waals surface area contributed by atoms with E-state index in [0.717, 1.165) is 0 Å². The zero-order valence-electron chi connectivity index (χ0n) is 11.5. The summed E-state index contributed by atoms with van der Waals surface area (Å²) in [6.45, 7) is 0. The largest absolute Gasteiger partial charge is 0.0976 e. The average Bonchev–Trinajstić information content (AvgIpc) is 3.11. The molecule has 2 heteroatoms. The first-order valence-electron chi connectivity index (χ1n) is 6.68. The van der Waals surface area contributed by atoms with E-state index in [1.807, 2.05) is 0 Å². The Morgan fingerprint density at radius 2 is 1.42 bits per heavy atom. The number of hydrogen-bond donors (Lipinski definition) is 0. The Labute approximate surface area is 129 Å². The van der Waals surface area contributed by atoms with Gasteiger partial charge in [0.05, 0.1) is 8.80 Å². The van der Waals surface area contributed by atoms with Crippen molar-refractivity contribution in [2.45, 2.75) is 18.9 Å². The van der Waals surface area contributed by atoms with E-state index in [0.29, 0.717) is 0 Å². The third-order valence-electron chi connectivity index (χ3n) is 3.78. The van der Waals surface area contributed by atoms with E-state index < -0.39 is 8.80 Å². The number of hydrogen-bond acceptors (Lipinski definition) is 0. The van der Waals surface area contributed by atoms with Crippen LogP contribution in [0.3, 0.4) is 0 Å². The van der Waals surface area contributed by atoms with Gasteiger partial charge in [0.15, 0.2) is 0 Å². The molecular weight excluding hydrogens is 239 g/mol. The van der Waals surface area contributed by atoms with Gasteiger partial charge in [0, 0.05) is 18.9 Å². The summed E-state index contributed by atoms with van der Waals surface area (Å²) in [6.07, 6.45) is 16.1. The van der Waals surface area contributed by atoms with E-state index in [-0.39, 0.29) is 18.9 Å². The van der Waals surface area contributed by atoms with Gasteiger partial charge in [0.2, 0.25) is 0 Å². The van der Waals surface area contributed by atoms with Crippen LogP contribution in [0.1, 0.15) is 18.4 Å². The van der Waals surface area contributed by atoms with Crippen molar-refractivity contribution in [3.8, 4) is 0 Å². The first-order valence-corrected chi connectivity index (χ1v) is 8.66. The Balaban J connectivity index is 0.00000133. The Morgan fingerprint density at radius 3 is 1.89 bits per heavy atom. The van der Waals surface area contributed by atoms with Crippen LogP contribution >= 0.6 is 0 Å². The van der Waals surface area contributed by atoms with Crippen LogP contribution in [0.5, 0.6) is 0 Å². The van der Waals surface area contributed by atoms with Gasteiger partial charge in [0.25, 0.3) is 0 Å². The first-order chi connectivity index (χ1) is 8.93. The SMILES string of the molecule is C1=CCC([SiH](Cc2ccccc2)C2=CC=CC2)=C1.[Li]. The number of benzene rings is 1. The predicted octanol–water partition coefficient (Wildman–Crippen LogP) is 3.47. The van der Waals surface area contributed by atoms with Gasteiger partial charge in [-0.3, -0.25) is 0 Å². The molecule has 0 bridgehead atoms. The van der Waals surface area contributed by atoms with Gasteiger partial charge >= 0.3 is 0 Å². The van der Waals surface area contributed by atoms with Crippen LogP contribution in [0.25, 0.3) is 0 Å². The third-order valence-corrected chi connectivity index (χ3v) is 7.30. The van der Waals surface area contributed by atoms with Gasteiger partial charge in [-0.15, -0.1) is 0 Å².